The number of aliphatic hydroxyl groups is 1. The number of hydrogen-bond acceptors (Lipinski definition) is 5. The minimum Gasteiger partial charge on any atom is -0.466 e. The van der Waals surface area contributed by atoms with Gasteiger partial charge < -0.3 is 14.8 Å². The molecule has 1 unspecified atom stereocenters. The second kappa shape index (κ2) is 6.36. The Morgan fingerprint density at radius 2 is 2.22 bits per heavy atom. The third-order valence-electron chi connectivity index (χ3n) is 3.78. The Morgan fingerprint density at radius 1 is 1.35 bits per heavy atom. The van der Waals surface area contributed by atoms with Crippen molar-refractivity contribution in [2.75, 3.05) is 6.54 Å². The van der Waals surface area contributed by atoms with E-state index in [1.807, 2.05) is 19.1 Å². The van der Waals surface area contributed by atoms with Gasteiger partial charge in [-0.3, -0.25) is 0 Å². The highest BCUT2D eigenvalue weighted by atomic mass is 16.4. The highest BCUT2D eigenvalue weighted by molar-refractivity contribution is 5.41. The van der Waals surface area contributed by atoms with Gasteiger partial charge in [-0.25, -0.2) is 9.67 Å². The van der Waals surface area contributed by atoms with Crippen LogP contribution in [0.3, 0.4) is 0 Å². The molecule has 0 amide bonds. The van der Waals surface area contributed by atoms with Crippen molar-refractivity contribution in [3.8, 4) is 5.69 Å². The molecule has 1 atom stereocenters. The molecule has 0 aliphatic heterocycles. The zero-order valence-corrected chi connectivity index (χ0v) is 13.2. The smallest absolute Gasteiger partial charge is 0.138 e. The molecule has 0 aliphatic carbocycles. The lowest BCUT2D eigenvalue weighted by Gasteiger charge is -2.21. The van der Waals surface area contributed by atoms with Gasteiger partial charge in [0.25, 0.3) is 0 Å². The highest BCUT2D eigenvalue weighted by Crippen LogP contribution is 2.20. The normalized spacial score (nSPS) is 13.9. The molecule has 6 heteroatoms. The van der Waals surface area contributed by atoms with Crippen LogP contribution >= 0.6 is 0 Å². The molecule has 2 heterocycles. The van der Waals surface area contributed by atoms with Crippen molar-refractivity contribution in [3.05, 3.63) is 66.1 Å². The van der Waals surface area contributed by atoms with Crippen LogP contribution in [0.15, 0.2) is 53.7 Å². The Hall–Kier alpha value is -2.44. The lowest BCUT2D eigenvalue weighted by atomic mass is 10.0. The molecular weight excluding hydrogens is 292 g/mol. The fraction of sp³-hybridized carbons (Fsp3) is 0.294. The number of nitrogens with one attached hydrogen (secondary N) is 1. The van der Waals surface area contributed by atoms with E-state index >= 15 is 0 Å². The molecule has 120 valence electrons. The average Bonchev–Trinajstić information content (AvgIpc) is 3.21. The molecule has 0 saturated heterocycles. The first-order valence-electron chi connectivity index (χ1n) is 7.48. The number of rotatable bonds is 6. The zero-order valence-electron chi connectivity index (χ0n) is 13.2. The van der Waals surface area contributed by atoms with E-state index in [0.717, 1.165) is 16.8 Å². The Labute approximate surface area is 134 Å². The maximum atomic E-state index is 10.4. The number of aromatic nitrogens is 3. The lowest BCUT2D eigenvalue weighted by Crippen LogP contribution is -2.34. The van der Waals surface area contributed by atoms with Gasteiger partial charge in [-0.1, -0.05) is 12.1 Å². The molecule has 3 rings (SSSR count). The van der Waals surface area contributed by atoms with E-state index in [4.69, 9.17) is 4.42 Å². The minimum absolute atomic E-state index is 0.407. The standard InChI is InChI=1S/C17H20N4O2/c1-13-8-14(5-6-15(13)21-12-19-11-20-21)9-18-10-17(2,22)16-4-3-7-23-16/h3-8,11-12,18,22H,9-10H2,1-2H3. The second-order valence-electron chi connectivity index (χ2n) is 5.82. The van der Waals surface area contributed by atoms with Crippen LogP contribution in [-0.2, 0) is 12.1 Å². The summed E-state index contributed by atoms with van der Waals surface area (Å²) in [5, 5.41) is 17.8. The molecule has 0 spiro atoms. The van der Waals surface area contributed by atoms with E-state index in [9.17, 15) is 5.11 Å². The van der Waals surface area contributed by atoms with E-state index in [1.54, 1.807) is 36.3 Å². The molecule has 6 nitrogen and oxygen atoms in total. The van der Waals surface area contributed by atoms with Gasteiger partial charge in [0.2, 0.25) is 0 Å². The Bertz CT molecular complexity index is 749. The molecule has 0 saturated carbocycles. The van der Waals surface area contributed by atoms with Crippen molar-refractivity contribution in [1.82, 2.24) is 20.1 Å². The number of benzene rings is 1. The van der Waals surface area contributed by atoms with Gasteiger partial charge in [-0.05, 0) is 43.2 Å². The van der Waals surface area contributed by atoms with Crippen molar-refractivity contribution in [3.63, 3.8) is 0 Å². The quantitative estimate of drug-likeness (QED) is 0.729. The monoisotopic (exact) mass is 312 g/mol. The van der Waals surface area contributed by atoms with Crippen LogP contribution in [0, 0.1) is 6.92 Å². The third kappa shape index (κ3) is 3.49. The van der Waals surface area contributed by atoms with Crippen LogP contribution < -0.4 is 5.32 Å². The predicted molar refractivity (Wildman–Crippen MR) is 86.1 cm³/mol. The number of nitrogens with zero attached hydrogens (tertiary/aromatic N) is 3. The summed E-state index contributed by atoms with van der Waals surface area (Å²) in [4.78, 5) is 3.97. The maximum absolute atomic E-state index is 10.4. The van der Waals surface area contributed by atoms with Gasteiger partial charge in [0.1, 0.15) is 24.0 Å². The molecule has 2 aromatic heterocycles. The summed E-state index contributed by atoms with van der Waals surface area (Å²) >= 11 is 0. The first-order valence-corrected chi connectivity index (χ1v) is 7.48. The molecule has 0 aliphatic rings. The Morgan fingerprint density at radius 3 is 2.87 bits per heavy atom. The molecule has 2 N–H and O–H groups in total. The number of hydrogen-bond donors (Lipinski definition) is 2. The SMILES string of the molecule is Cc1cc(CNCC(C)(O)c2ccco2)ccc1-n1cncn1. The second-order valence-corrected chi connectivity index (χ2v) is 5.82. The number of furan rings is 1. The Balaban J connectivity index is 1.62. The summed E-state index contributed by atoms with van der Waals surface area (Å²) in [7, 11) is 0. The summed E-state index contributed by atoms with van der Waals surface area (Å²) in [5.74, 6) is 0.558. The zero-order chi connectivity index (χ0) is 16.3. The van der Waals surface area contributed by atoms with E-state index in [1.165, 1.54) is 6.33 Å². The van der Waals surface area contributed by atoms with Crippen LogP contribution in [0.5, 0.6) is 0 Å². The molecular formula is C17H20N4O2. The highest BCUT2D eigenvalue weighted by Gasteiger charge is 2.25. The van der Waals surface area contributed by atoms with Crippen LogP contribution in [0.2, 0.25) is 0 Å². The van der Waals surface area contributed by atoms with Crippen LogP contribution in [0.4, 0.5) is 0 Å². The van der Waals surface area contributed by atoms with Gasteiger partial charge in [-0.15, -0.1) is 0 Å². The van der Waals surface area contributed by atoms with E-state index in [2.05, 4.69) is 21.5 Å². The summed E-state index contributed by atoms with van der Waals surface area (Å²) < 4.78 is 7.02. The van der Waals surface area contributed by atoms with E-state index in [0.29, 0.717) is 18.8 Å². The lowest BCUT2D eigenvalue weighted by molar-refractivity contribution is 0.0340. The van der Waals surface area contributed by atoms with Crippen molar-refractivity contribution in [2.45, 2.75) is 26.0 Å². The van der Waals surface area contributed by atoms with Crippen molar-refractivity contribution >= 4 is 0 Å². The first kappa shape index (κ1) is 15.5. The fourth-order valence-electron chi connectivity index (χ4n) is 2.54. The molecule has 23 heavy (non-hydrogen) atoms. The van der Waals surface area contributed by atoms with Crippen molar-refractivity contribution < 1.29 is 9.52 Å². The molecule has 0 fully saturated rings. The first-order chi connectivity index (χ1) is 11.1. The summed E-state index contributed by atoms with van der Waals surface area (Å²) in [6.45, 7) is 4.84. The van der Waals surface area contributed by atoms with Crippen LogP contribution in [0.1, 0.15) is 23.8 Å². The van der Waals surface area contributed by atoms with Crippen LogP contribution in [0.25, 0.3) is 5.69 Å². The van der Waals surface area contributed by atoms with Gasteiger partial charge in [0.15, 0.2) is 0 Å². The topological polar surface area (TPSA) is 76.1 Å². The molecule has 3 aromatic rings. The largest absolute Gasteiger partial charge is 0.466 e. The summed E-state index contributed by atoms with van der Waals surface area (Å²) in [6.07, 6.45) is 4.77. The summed E-state index contributed by atoms with van der Waals surface area (Å²) in [6, 6.07) is 9.71. The fourth-order valence-corrected chi connectivity index (χ4v) is 2.54. The Kier molecular flexibility index (Phi) is 4.27. The van der Waals surface area contributed by atoms with E-state index in [-0.39, 0.29) is 0 Å². The maximum Gasteiger partial charge on any atom is 0.138 e. The summed E-state index contributed by atoms with van der Waals surface area (Å²) in [5.41, 5.74) is 2.24. The van der Waals surface area contributed by atoms with Gasteiger partial charge >= 0.3 is 0 Å². The van der Waals surface area contributed by atoms with Crippen molar-refractivity contribution in [1.29, 1.82) is 0 Å². The van der Waals surface area contributed by atoms with Crippen molar-refractivity contribution in [2.24, 2.45) is 0 Å². The predicted octanol–water partition coefficient (Wildman–Crippen LogP) is 2.17. The minimum atomic E-state index is -1.03. The van der Waals surface area contributed by atoms with Gasteiger partial charge in [-0.2, -0.15) is 5.10 Å². The van der Waals surface area contributed by atoms with E-state index < -0.39 is 5.60 Å². The number of aryl methyl sites for hydroxylation is 1. The third-order valence-corrected chi connectivity index (χ3v) is 3.78. The van der Waals surface area contributed by atoms with Gasteiger partial charge in [0.05, 0.1) is 12.0 Å². The molecule has 1 aromatic carbocycles. The molecule has 0 radical (unpaired) electrons. The van der Waals surface area contributed by atoms with Crippen LogP contribution in [-0.4, -0.2) is 26.4 Å². The molecule has 0 bridgehead atoms. The average molecular weight is 312 g/mol. The van der Waals surface area contributed by atoms with Gasteiger partial charge in [0, 0.05) is 13.1 Å².